The van der Waals surface area contributed by atoms with E-state index in [2.05, 4.69) is 25.9 Å². The summed E-state index contributed by atoms with van der Waals surface area (Å²) in [6.07, 6.45) is 6.49. The largest absolute Gasteiger partial charge is 0.335 e. The van der Waals surface area contributed by atoms with E-state index in [1.54, 1.807) is 6.20 Å². The number of sulfone groups is 1. The van der Waals surface area contributed by atoms with Crippen molar-refractivity contribution in [2.75, 3.05) is 17.3 Å². The average molecular weight is 498 g/mol. The Morgan fingerprint density at radius 2 is 1.90 bits per heavy atom. The number of aromatic nitrogens is 2. The van der Waals surface area contributed by atoms with Crippen molar-refractivity contribution in [1.29, 1.82) is 0 Å². The molecule has 6 nitrogen and oxygen atoms in total. The first-order valence-electron chi connectivity index (χ1n) is 9.86. The van der Waals surface area contributed by atoms with Crippen LogP contribution in [0.2, 0.25) is 0 Å². The summed E-state index contributed by atoms with van der Waals surface area (Å²) in [5.41, 5.74) is 1.93. The van der Waals surface area contributed by atoms with Crippen LogP contribution in [0.3, 0.4) is 0 Å². The molecule has 1 aromatic heterocycles. The van der Waals surface area contributed by atoms with Crippen LogP contribution in [0, 0.1) is 0 Å². The van der Waals surface area contributed by atoms with Gasteiger partial charge in [-0.05, 0) is 37.0 Å². The zero-order chi connectivity index (χ0) is 20.4. The molecule has 156 valence electrons. The summed E-state index contributed by atoms with van der Waals surface area (Å²) in [5, 5.41) is 0.696. The van der Waals surface area contributed by atoms with Crippen molar-refractivity contribution in [3.8, 4) is 11.3 Å². The quantitative estimate of drug-likeness (QED) is 0.612. The highest BCUT2D eigenvalue weighted by Gasteiger charge is 2.38. The van der Waals surface area contributed by atoms with Crippen molar-refractivity contribution >= 4 is 43.4 Å². The lowest BCUT2D eigenvalue weighted by Gasteiger charge is -2.34. The highest BCUT2D eigenvalue weighted by Crippen LogP contribution is 2.30. The van der Waals surface area contributed by atoms with Crippen LogP contribution >= 0.6 is 27.7 Å². The van der Waals surface area contributed by atoms with Crippen LogP contribution in [0.5, 0.6) is 0 Å². The monoisotopic (exact) mass is 497 g/mol. The first-order chi connectivity index (χ1) is 13.9. The van der Waals surface area contributed by atoms with E-state index in [-0.39, 0.29) is 35.2 Å². The Morgan fingerprint density at radius 3 is 2.55 bits per heavy atom. The van der Waals surface area contributed by atoms with Gasteiger partial charge in [-0.25, -0.2) is 13.4 Å². The maximum atomic E-state index is 13.1. The molecule has 0 spiro atoms. The smallest absolute Gasteiger partial charge is 0.233 e. The fraction of sp³-hybridized carbons (Fsp3) is 0.500. The number of imidazole rings is 1. The molecular formula is C20H24BrN3O3S2. The number of halogens is 1. The van der Waals surface area contributed by atoms with Gasteiger partial charge in [0.25, 0.3) is 0 Å². The van der Waals surface area contributed by atoms with E-state index in [0.717, 1.165) is 41.4 Å². The van der Waals surface area contributed by atoms with Crippen LogP contribution in [0.4, 0.5) is 0 Å². The Hall–Kier alpha value is -1.32. The molecule has 1 aromatic carbocycles. The summed E-state index contributed by atoms with van der Waals surface area (Å²) in [4.78, 5) is 22.6. The van der Waals surface area contributed by atoms with Gasteiger partial charge in [-0.2, -0.15) is 0 Å². The molecular weight excluding hydrogens is 474 g/mol. The van der Waals surface area contributed by atoms with E-state index < -0.39 is 9.84 Å². The number of amides is 1. The Bertz CT molecular complexity index is 969. The first-order valence-corrected chi connectivity index (χ1v) is 13.5. The predicted octanol–water partition coefficient (Wildman–Crippen LogP) is 3.89. The number of aromatic amines is 1. The number of hydrogen-bond donors (Lipinski definition) is 1. The van der Waals surface area contributed by atoms with Crippen LogP contribution in [-0.4, -0.2) is 58.5 Å². The van der Waals surface area contributed by atoms with E-state index in [0.29, 0.717) is 11.6 Å². The van der Waals surface area contributed by atoms with Gasteiger partial charge in [0.1, 0.15) is 0 Å². The van der Waals surface area contributed by atoms with E-state index in [9.17, 15) is 13.2 Å². The van der Waals surface area contributed by atoms with Crippen LogP contribution < -0.4 is 0 Å². The fourth-order valence-corrected chi connectivity index (χ4v) is 6.93. The maximum absolute atomic E-state index is 13.1. The second-order valence-corrected chi connectivity index (χ2v) is 11.8. The molecule has 2 heterocycles. The molecule has 1 atom stereocenters. The summed E-state index contributed by atoms with van der Waals surface area (Å²) in [6.45, 7) is 0. The van der Waals surface area contributed by atoms with Gasteiger partial charge in [-0.3, -0.25) is 4.79 Å². The van der Waals surface area contributed by atoms with Gasteiger partial charge in [0, 0.05) is 16.6 Å². The fourth-order valence-electron chi connectivity index (χ4n) is 4.24. The van der Waals surface area contributed by atoms with E-state index in [4.69, 9.17) is 0 Å². The Labute approximate surface area is 183 Å². The minimum atomic E-state index is -3.02. The standard InChI is InChI=1S/C20H24BrN3O3S2/c21-15-7-5-14(6-8-15)18-11-22-20(23-18)28-12-19(25)24(16-3-1-2-4-16)17-9-10-29(26,27)13-17/h5-8,11,16-17H,1-4,9-10,12-13H2,(H,22,23)/t17-/m0/s1. The highest BCUT2D eigenvalue weighted by atomic mass is 79.9. The molecule has 2 fully saturated rings. The number of nitrogens with zero attached hydrogens (tertiary/aromatic N) is 2. The van der Waals surface area contributed by atoms with Crippen molar-refractivity contribution in [3.63, 3.8) is 0 Å². The summed E-state index contributed by atoms with van der Waals surface area (Å²) in [5.74, 6) is 0.579. The van der Waals surface area contributed by atoms with Gasteiger partial charge < -0.3 is 9.88 Å². The van der Waals surface area contributed by atoms with Gasteiger partial charge >= 0.3 is 0 Å². The zero-order valence-corrected chi connectivity index (χ0v) is 19.2. The van der Waals surface area contributed by atoms with E-state index >= 15 is 0 Å². The molecule has 9 heteroatoms. The molecule has 1 aliphatic carbocycles. The second kappa shape index (κ2) is 8.81. The molecule has 2 aliphatic rings. The molecule has 1 aliphatic heterocycles. The lowest BCUT2D eigenvalue weighted by molar-refractivity contribution is -0.132. The highest BCUT2D eigenvalue weighted by molar-refractivity contribution is 9.10. The molecule has 0 radical (unpaired) electrons. The number of nitrogens with one attached hydrogen (secondary N) is 1. The van der Waals surface area contributed by atoms with Crippen molar-refractivity contribution in [2.45, 2.75) is 49.3 Å². The molecule has 1 N–H and O–H groups in total. The van der Waals surface area contributed by atoms with Crippen LogP contribution in [0.15, 0.2) is 40.1 Å². The van der Waals surface area contributed by atoms with Crippen LogP contribution in [-0.2, 0) is 14.6 Å². The van der Waals surface area contributed by atoms with Gasteiger partial charge in [0.2, 0.25) is 5.91 Å². The summed E-state index contributed by atoms with van der Waals surface area (Å²) < 4.78 is 24.9. The van der Waals surface area contributed by atoms with Crippen molar-refractivity contribution in [1.82, 2.24) is 14.9 Å². The molecule has 1 amide bonds. The zero-order valence-electron chi connectivity index (χ0n) is 16.0. The van der Waals surface area contributed by atoms with Gasteiger partial charge in [-0.15, -0.1) is 0 Å². The average Bonchev–Trinajstić information content (AvgIpc) is 3.43. The van der Waals surface area contributed by atoms with E-state index in [1.807, 2.05) is 29.2 Å². The lowest BCUT2D eigenvalue weighted by Crippen LogP contribution is -2.47. The lowest BCUT2D eigenvalue weighted by atomic mass is 10.1. The molecule has 1 saturated heterocycles. The number of carbonyl (C=O) groups is 1. The maximum Gasteiger partial charge on any atom is 0.233 e. The van der Waals surface area contributed by atoms with Gasteiger partial charge in [0.15, 0.2) is 15.0 Å². The minimum Gasteiger partial charge on any atom is -0.335 e. The molecule has 0 unspecified atom stereocenters. The van der Waals surface area contributed by atoms with Crippen LogP contribution in [0.25, 0.3) is 11.3 Å². The van der Waals surface area contributed by atoms with Crippen molar-refractivity contribution in [3.05, 3.63) is 34.9 Å². The molecule has 29 heavy (non-hydrogen) atoms. The second-order valence-electron chi connectivity index (χ2n) is 7.69. The number of benzene rings is 1. The Kier molecular flexibility index (Phi) is 6.36. The first kappa shape index (κ1) is 20.9. The SMILES string of the molecule is O=C(CSc1ncc(-c2ccc(Br)cc2)[nH]1)N(C1CCCC1)[C@H]1CCS(=O)(=O)C1. The molecule has 1 saturated carbocycles. The number of rotatable bonds is 6. The number of thioether (sulfide) groups is 1. The number of H-pyrrole nitrogens is 1. The molecule has 2 aromatic rings. The Morgan fingerprint density at radius 1 is 1.17 bits per heavy atom. The summed E-state index contributed by atoms with van der Waals surface area (Å²) in [7, 11) is -3.02. The minimum absolute atomic E-state index is 0.0191. The summed E-state index contributed by atoms with van der Waals surface area (Å²) in [6, 6.07) is 7.95. The third-order valence-corrected chi connectivity index (χ3v) is 8.80. The summed E-state index contributed by atoms with van der Waals surface area (Å²) >= 11 is 4.81. The molecule has 0 bridgehead atoms. The third-order valence-electron chi connectivity index (χ3n) is 5.65. The Balaban J connectivity index is 1.42. The van der Waals surface area contributed by atoms with Gasteiger partial charge in [-0.1, -0.05) is 52.7 Å². The van der Waals surface area contributed by atoms with Crippen LogP contribution in [0.1, 0.15) is 32.1 Å². The van der Waals surface area contributed by atoms with Crippen molar-refractivity contribution in [2.24, 2.45) is 0 Å². The van der Waals surface area contributed by atoms with Crippen molar-refractivity contribution < 1.29 is 13.2 Å². The topological polar surface area (TPSA) is 83.1 Å². The van der Waals surface area contributed by atoms with Gasteiger partial charge in [0.05, 0.1) is 29.1 Å². The molecule has 4 rings (SSSR count). The predicted molar refractivity (Wildman–Crippen MR) is 119 cm³/mol. The number of carbonyl (C=O) groups excluding carboxylic acids is 1. The normalized spacial score (nSPS) is 21.5. The third kappa shape index (κ3) is 5.06. The van der Waals surface area contributed by atoms with E-state index in [1.165, 1.54) is 11.8 Å². The number of hydrogen-bond acceptors (Lipinski definition) is 5.